The Morgan fingerprint density at radius 3 is 1.41 bits per heavy atom. The molecule has 0 spiro atoms. The van der Waals surface area contributed by atoms with Gasteiger partial charge in [-0.15, -0.1) is 11.3 Å². The van der Waals surface area contributed by atoms with Crippen LogP contribution in [0.15, 0.2) is 164 Å². The Hall–Kier alpha value is -6.22. The van der Waals surface area contributed by atoms with Crippen molar-refractivity contribution in [2.75, 3.05) is 4.90 Å². The summed E-state index contributed by atoms with van der Waals surface area (Å²) in [5.74, 6) is 0. The second kappa shape index (κ2) is 11.9. The molecule has 0 atom stereocenters. The number of benzene rings is 8. The highest BCUT2D eigenvalue weighted by atomic mass is 32.1. The van der Waals surface area contributed by atoms with Gasteiger partial charge in [0.05, 0.1) is 0 Å². The van der Waals surface area contributed by atoms with Gasteiger partial charge in [0.25, 0.3) is 0 Å². The monoisotopic (exact) mass is 775 g/mol. The van der Waals surface area contributed by atoms with Crippen molar-refractivity contribution in [3.8, 4) is 44.5 Å². The van der Waals surface area contributed by atoms with Gasteiger partial charge in [-0.1, -0.05) is 157 Å². The largest absolute Gasteiger partial charge is 0.310 e. The molecule has 0 aliphatic heterocycles. The number of rotatable bonds is 4. The van der Waals surface area contributed by atoms with E-state index in [0.717, 1.165) is 0 Å². The average molecular weight is 776 g/mol. The molecule has 0 saturated heterocycles. The summed E-state index contributed by atoms with van der Waals surface area (Å²) in [5, 5.41) is 2.71. The Labute approximate surface area is 351 Å². The van der Waals surface area contributed by atoms with Crippen LogP contribution in [0.2, 0.25) is 0 Å². The predicted octanol–water partition coefficient (Wildman–Crippen LogP) is 16.1. The van der Waals surface area contributed by atoms with Gasteiger partial charge in [-0.05, 0) is 126 Å². The van der Waals surface area contributed by atoms with E-state index in [1.165, 1.54) is 115 Å². The lowest BCUT2D eigenvalue weighted by Crippen LogP contribution is -2.19. The molecule has 0 unspecified atom stereocenters. The fourth-order valence-corrected chi connectivity index (χ4v) is 12.4. The van der Waals surface area contributed by atoms with Crippen LogP contribution in [0.3, 0.4) is 0 Å². The molecular formula is C57H45NS. The van der Waals surface area contributed by atoms with Gasteiger partial charge in [-0.3, -0.25) is 0 Å². The second-order valence-electron chi connectivity index (χ2n) is 18.5. The van der Waals surface area contributed by atoms with Crippen LogP contribution in [0, 0.1) is 0 Å². The minimum atomic E-state index is -0.219. The van der Waals surface area contributed by atoms with Crippen LogP contribution in [-0.2, 0) is 16.2 Å². The van der Waals surface area contributed by atoms with Crippen molar-refractivity contribution >= 4 is 48.6 Å². The first-order valence-electron chi connectivity index (χ1n) is 21.0. The first-order valence-corrected chi connectivity index (χ1v) is 21.8. The summed E-state index contributed by atoms with van der Waals surface area (Å²) in [7, 11) is 0. The fourth-order valence-electron chi connectivity index (χ4n) is 11.2. The maximum absolute atomic E-state index is 2.53. The van der Waals surface area contributed by atoms with Crippen LogP contribution >= 0.6 is 11.3 Å². The molecule has 0 fully saturated rings. The normalized spacial score (nSPS) is 15.7. The van der Waals surface area contributed by atoms with E-state index < -0.39 is 0 Å². The first-order chi connectivity index (χ1) is 28.5. The molecule has 0 amide bonds. The lowest BCUT2D eigenvalue weighted by atomic mass is 9.81. The molecule has 12 rings (SSSR count). The highest BCUT2D eigenvalue weighted by molar-refractivity contribution is 7.26. The van der Waals surface area contributed by atoms with Crippen molar-refractivity contribution in [3.63, 3.8) is 0 Å². The maximum Gasteiger partial charge on any atom is 0.0465 e. The molecule has 9 aromatic rings. The lowest BCUT2D eigenvalue weighted by molar-refractivity contribution is 0.659. The summed E-state index contributed by atoms with van der Waals surface area (Å²) in [6, 6.07) is 62.2. The van der Waals surface area contributed by atoms with Crippen LogP contribution in [-0.4, -0.2) is 0 Å². The number of thiophene rings is 1. The van der Waals surface area contributed by atoms with E-state index in [9.17, 15) is 0 Å². The molecule has 1 nitrogen and oxygen atoms in total. The van der Waals surface area contributed by atoms with E-state index in [1.807, 2.05) is 11.3 Å². The van der Waals surface area contributed by atoms with Gasteiger partial charge in [0.2, 0.25) is 0 Å². The highest BCUT2D eigenvalue weighted by Gasteiger charge is 2.41. The highest BCUT2D eigenvalue weighted by Crippen LogP contribution is 2.58. The molecule has 0 bridgehead atoms. The lowest BCUT2D eigenvalue weighted by Gasteiger charge is -2.31. The van der Waals surface area contributed by atoms with Crippen LogP contribution in [0.25, 0.3) is 64.7 Å². The van der Waals surface area contributed by atoms with Gasteiger partial charge in [-0.2, -0.15) is 0 Å². The zero-order valence-corrected chi connectivity index (χ0v) is 35.3. The topological polar surface area (TPSA) is 3.24 Å². The van der Waals surface area contributed by atoms with Crippen molar-refractivity contribution in [3.05, 3.63) is 197 Å². The van der Waals surface area contributed by atoms with E-state index in [0.29, 0.717) is 0 Å². The number of hydrogen-bond acceptors (Lipinski definition) is 2. The molecule has 8 aromatic carbocycles. The molecule has 284 valence electrons. The molecule has 3 aliphatic carbocycles. The number of fused-ring (bicyclic) bond motifs is 12. The van der Waals surface area contributed by atoms with Crippen molar-refractivity contribution < 1.29 is 0 Å². The van der Waals surface area contributed by atoms with Gasteiger partial charge in [0.15, 0.2) is 0 Å². The number of anilines is 3. The standard InChI is InChI=1S/C57H45NS/c1-55(2)44-21-13-10-18-38(44)40-27-24-35(30-46(40)55)58(36-25-28-41-39-19-11-14-22-45(39)56(3,4)47(41)31-36)37-26-29-42-48(32-37)57(5,6)49-33-51-54(43-20-12-15-23-50(43)59-51)52(53(42)49)34-16-8-7-9-17-34/h7-33H,1-6H3. The summed E-state index contributed by atoms with van der Waals surface area (Å²) < 4.78 is 2.70. The maximum atomic E-state index is 2.53. The van der Waals surface area contributed by atoms with Gasteiger partial charge >= 0.3 is 0 Å². The zero-order chi connectivity index (χ0) is 40.0. The van der Waals surface area contributed by atoms with Crippen molar-refractivity contribution in [1.29, 1.82) is 0 Å². The third-order valence-electron chi connectivity index (χ3n) is 14.3. The van der Waals surface area contributed by atoms with Gasteiger partial charge in [0, 0.05) is 53.5 Å². The van der Waals surface area contributed by atoms with Crippen molar-refractivity contribution in [2.24, 2.45) is 0 Å². The van der Waals surface area contributed by atoms with Crippen LogP contribution < -0.4 is 4.90 Å². The van der Waals surface area contributed by atoms with E-state index >= 15 is 0 Å². The summed E-state index contributed by atoms with van der Waals surface area (Å²) in [5.41, 5.74) is 22.2. The molecule has 0 N–H and O–H groups in total. The minimum Gasteiger partial charge on any atom is -0.310 e. The summed E-state index contributed by atoms with van der Waals surface area (Å²) >= 11 is 1.92. The third kappa shape index (κ3) is 4.67. The van der Waals surface area contributed by atoms with Gasteiger partial charge in [0.1, 0.15) is 0 Å². The number of hydrogen-bond donors (Lipinski definition) is 0. The van der Waals surface area contributed by atoms with Crippen LogP contribution in [0.4, 0.5) is 17.1 Å². The fraction of sp³-hybridized carbons (Fsp3) is 0.158. The minimum absolute atomic E-state index is 0.110. The van der Waals surface area contributed by atoms with E-state index in [4.69, 9.17) is 0 Å². The molecule has 0 saturated carbocycles. The molecule has 3 aliphatic rings. The summed E-state index contributed by atoms with van der Waals surface area (Å²) in [4.78, 5) is 2.53. The van der Waals surface area contributed by atoms with Gasteiger partial charge < -0.3 is 4.90 Å². The van der Waals surface area contributed by atoms with Crippen molar-refractivity contribution in [1.82, 2.24) is 0 Å². The Kier molecular flexibility index (Phi) is 7.04. The summed E-state index contributed by atoms with van der Waals surface area (Å²) in [6.45, 7) is 14.4. The molecule has 0 radical (unpaired) electrons. The zero-order valence-electron chi connectivity index (χ0n) is 34.4. The molecule has 59 heavy (non-hydrogen) atoms. The smallest absolute Gasteiger partial charge is 0.0465 e. The Morgan fingerprint density at radius 2 is 0.814 bits per heavy atom. The first kappa shape index (κ1) is 34.8. The quantitative estimate of drug-likeness (QED) is 0.172. The Bertz CT molecular complexity index is 3140. The molecule has 1 aromatic heterocycles. The Morgan fingerprint density at radius 1 is 0.356 bits per heavy atom. The van der Waals surface area contributed by atoms with E-state index in [2.05, 4.69) is 210 Å². The second-order valence-corrected chi connectivity index (χ2v) is 19.6. The van der Waals surface area contributed by atoms with Crippen LogP contribution in [0.5, 0.6) is 0 Å². The molecular weight excluding hydrogens is 731 g/mol. The SMILES string of the molecule is CC1(C)c2ccccc2-c2ccc(N(c3ccc4c(c3)C(C)(C)c3ccccc3-4)c3ccc4c(c3)C(C)(C)c3cc5sc6ccccc6c5c(-c5ccccc5)c3-4)cc21. The molecule has 2 heteroatoms. The van der Waals surface area contributed by atoms with Crippen molar-refractivity contribution in [2.45, 2.75) is 57.8 Å². The van der Waals surface area contributed by atoms with E-state index in [-0.39, 0.29) is 16.2 Å². The van der Waals surface area contributed by atoms with Gasteiger partial charge in [-0.25, -0.2) is 0 Å². The summed E-state index contributed by atoms with van der Waals surface area (Å²) in [6.07, 6.45) is 0. The Balaban J connectivity index is 1.09. The van der Waals surface area contributed by atoms with E-state index in [1.54, 1.807) is 0 Å². The number of nitrogens with zero attached hydrogens (tertiary/aromatic N) is 1. The molecule has 1 heterocycles. The van der Waals surface area contributed by atoms with Crippen LogP contribution in [0.1, 0.15) is 74.9 Å². The predicted molar refractivity (Wildman–Crippen MR) is 252 cm³/mol. The third-order valence-corrected chi connectivity index (χ3v) is 15.4. The average Bonchev–Trinajstić information content (AvgIpc) is 3.89.